The molecule has 0 atom stereocenters. The SMILES string of the molecule is CCC(CC)(OC)C(=O)c1ccc(OC)cc1C. The summed E-state index contributed by atoms with van der Waals surface area (Å²) in [6.45, 7) is 5.87. The van der Waals surface area contributed by atoms with Crippen molar-refractivity contribution in [2.45, 2.75) is 39.2 Å². The Bertz CT molecular complexity index is 411. The van der Waals surface area contributed by atoms with Gasteiger partial charge in [-0.05, 0) is 43.5 Å². The molecule has 0 aliphatic carbocycles. The quantitative estimate of drug-likeness (QED) is 0.726. The molecule has 0 unspecified atom stereocenters. The minimum atomic E-state index is -0.709. The third-order valence-electron chi connectivity index (χ3n) is 3.62. The third kappa shape index (κ3) is 2.56. The molecule has 0 aliphatic rings. The van der Waals surface area contributed by atoms with Crippen LogP contribution in [0.2, 0.25) is 0 Å². The summed E-state index contributed by atoms with van der Waals surface area (Å²) in [6.07, 6.45) is 1.34. The molecule has 0 saturated carbocycles. The van der Waals surface area contributed by atoms with Crippen LogP contribution in [-0.4, -0.2) is 25.6 Å². The van der Waals surface area contributed by atoms with Gasteiger partial charge in [0.1, 0.15) is 11.4 Å². The van der Waals surface area contributed by atoms with E-state index in [1.54, 1.807) is 14.2 Å². The van der Waals surface area contributed by atoms with Crippen molar-refractivity contribution in [2.24, 2.45) is 0 Å². The van der Waals surface area contributed by atoms with Gasteiger partial charge in [0.15, 0.2) is 5.78 Å². The molecule has 0 N–H and O–H groups in total. The first-order valence-electron chi connectivity index (χ1n) is 6.29. The molecule has 18 heavy (non-hydrogen) atoms. The highest BCUT2D eigenvalue weighted by molar-refractivity contribution is 6.03. The number of hydrogen-bond donors (Lipinski definition) is 0. The fraction of sp³-hybridized carbons (Fsp3) is 0.533. The lowest BCUT2D eigenvalue weighted by molar-refractivity contribution is -0.00267. The second kappa shape index (κ2) is 6.01. The lowest BCUT2D eigenvalue weighted by Gasteiger charge is -2.29. The smallest absolute Gasteiger partial charge is 0.194 e. The first-order chi connectivity index (χ1) is 8.54. The zero-order valence-corrected chi connectivity index (χ0v) is 11.9. The van der Waals surface area contributed by atoms with Crippen molar-refractivity contribution in [2.75, 3.05) is 14.2 Å². The molecule has 3 nitrogen and oxygen atoms in total. The Morgan fingerprint density at radius 1 is 1.22 bits per heavy atom. The van der Waals surface area contributed by atoms with E-state index >= 15 is 0 Å². The number of Topliss-reactive ketones (excluding diaryl/α,β-unsaturated/α-hetero) is 1. The molecular formula is C15H22O3. The van der Waals surface area contributed by atoms with Crippen LogP contribution >= 0.6 is 0 Å². The van der Waals surface area contributed by atoms with Gasteiger partial charge in [-0.2, -0.15) is 0 Å². The Hall–Kier alpha value is -1.35. The number of ether oxygens (including phenoxy) is 2. The summed E-state index contributed by atoms with van der Waals surface area (Å²) in [5, 5.41) is 0. The molecule has 0 aromatic heterocycles. The van der Waals surface area contributed by atoms with E-state index in [4.69, 9.17) is 9.47 Å². The predicted molar refractivity (Wildman–Crippen MR) is 72.4 cm³/mol. The van der Waals surface area contributed by atoms with Crippen molar-refractivity contribution in [1.82, 2.24) is 0 Å². The standard InChI is InChI=1S/C15H22O3/c1-6-15(7-2,18-5)14(16)13-9-8-12(17-4)10-11(13)3/h8-10H,6-7H2,1-5H3. The van der Waals surface area contributed by atoms with E-state index in [1.807, 2.05) is 39.0 Å². The highest BCUT2D eigenvalue weighted by atomic mass is 16.5. The topological polar surface area (TPSA) is 35.5 Å². The van der Waals surface area contributed by atoms with Crippen molar-refractivity contribution in [3.8, 4) is 5.75 Å². The first-order valence-corrected chi connectivity index (χ1v) is 6.29. The number of hydrogen-bond acceptors (Lipinski definition) is 3. The monoisotopic (exact) mass is 250 g/mol. The predicted octanol–water partition coefficient (Wildman–Crippen LogP) is 3.39. The van der Waals surface area contributed by atoms with Gasteiger partial charge >= 0.3 is 0 Å². The first kappa shape index (κ1) is 14.7. The van der Waals surface area contributed by atoms with E-state index in [9.17, 15) is 4.79 Å². The molecule has 0 aliphatic heterocycles. The molecule has 0 radical (unpaired) electrons. The Morgan fingerprint density at radius 2 is 1.83 bits per heavy atom. The molecule has 1 aromatic carbocycles. The summed E-state index contributed by atoms with van der Waals surface area (Å²) >= 11 is 0. The van der Waals surface area contributed by atoms with Gasteiger partial charge in [-0.3, -0.25) is 4.79 Å². The van der Waals surface area contributed by atoms with Crippen LogP contribution in [0.25, 0.3) is 0 Å². The van der Waals surface area contributed by atoms with Gasteiger partial charge in [0, 0.05) is 12.7 Å². The van der Waals surface area contributed by atoms with E-state index in [0.29, 0.717) is 18.4 Å². The fourth-order valence-corrected chi connectivity index (χ4v) is 2.22. The lowest BCUT2D eigenvalue weighted by atomic mass is 9.86. The number of rotatable bonds is 6. The summed E-state index contributed by atoms with van der Waals surface area (Å²) in [5.41, 5.74) is 0.920. The average molecular weight is 250 g/mol. The molecule has 0 bridgehead atoms. The van der Waals surface area contributed by atoms with Crippen LogP contribution in [0.5, 0.6) is 5.75 Å². The number of aryl methyl sites for hydroxylation is 1. The second-order valence-corrected chi connectivity index (χ2v) is 4.42. The van der Waals surface area contributed by atoms with Crippen LogP contribution in [0, 0.1) is 6.92 Å². The number of carbonyl (C=O) groups is 1. The number of methoxy groups -OCH3 is 2. The minimum absolute atomic E-state index is 0.0511. The average Bonchev–Trinajstić information content (AvgIpc) is 2.41. The van der Waals surface area contributed by atoms with Gasteiger partial charge in [-0.25, -0.2) is 0 Å². The normalized spacial score (nSPS) is 11.4. The van der Waals surface area contributed by atoms with Crippen molar-refractivity contribution >= 4 is 5.78 Å². The maximum atomic E-state index is 12.6. The maximum Gasteiger partial charge on any atom is 0.194 e. The molecule has 0 spiro atoms. The Kier molecular flexibility index (Phi) is 4.91. The summed E-state index contributed by atoms with van der Waals surface area (Å²) in [4.78, 5) is 12.6. The zero-order chi connectivity index (χ0) is 13.8. The van der Waals surface area contributed by atoms with Crippen molar-refractivity contribution in [1.29, 1.82) is 0 Å². The van der Waals surface area contributed by atoms with Crippen LogP contribution in [0.15, 0.2) is 18.2 Å². The van der Waals surface area contributed by atoms with Crippen molar-refractivity contribution in [3.05, 3.63) is 29.3 Å². The van der Waals surface area contributed by atoms with E-state index in [2.05, 4.69) is 0 Å². The Labute approximate surface area is 109 Å². The summed E-state index contributed by atoms with van der Waals surface area (Å²) < 4.78 is 10.6. The third-order valence-corrected chi connectivity index (χ3v) is 3.62. The van der Waals surface area contributed by atoms with Gasteiger partial charge in [0.2, 0.25) is 0 Å². The Morgan fingerprint density at radius 3 is 2.22 bits per heavy atom. The number of benzene rings is 1. The molecule has 0 saturated heterocycles. The highest BCUT2D eigenvalue weighted by Gasteiger charge is 2.36. The lowest BCUT2D eigenvalue weighted by Crippen LogP contribution is -2.39. The molecular weight excluding hydrogens is 228 g/mol. The summed E-state index contributed by atoms with van der Waals surface area (Å²) in [5.74, 6) is 0.815. The van der Waals surface area contributed by atoms with Crippen molar-refractivity contribution < 1.29 is 14.3 Å². The van der Waals surface area contributed by atoms with Crippen LogP contribution in [0.4, 0.5) is 0 Å². The van der Waals surface area contributed by atoms with Gasteiger partial charge in [-0.15, -0.1) is 0 Å². The molecule has 0 amide bonds. The minimum Gasteiger partial charge on any atom is -0.497 e. The van der Waals surface area contributed by atoms with Crippen LogP contribution < -0.4 is 4.74 Å². The van der Waals surface area contributed by atoms with Gasteiger partial charge in [-0.1, -0.05) is 13.8 Å². The van der Waals surface area contributed by atoms with Crippen LogP contribution in [-0.2, 0) is 4.74 Å². The Balaban J connectivity index is 3.17. The summed E-state index contributed by atoms with van der Waals surface area (Å²) in [7, 11) is 3.22. The van der Waals surface area contributed by atoms with Crippen LogP contribution in [0.3, 0.4) is 0 Å². The van der Waals surface area contributed by atoms with Gasteiger partial charge in [0.25, 0.3) is 0 Å². The molecule has 0 heterocycles. The largest absolute Gasteiger partial charge is 0.497 e. The summed E-state index contributed by atoms with van der Waals surface area (Å²) in [6, 6.07) is 5.50. The number of carbonyl (C=O) groups excluding carboxylic acids is 1. The number of ketones is 1. The molecule has 100 valence electrons. The van der Waals surface area contributed by atoms with Crippen LogP contribution in [0.1, 0.15) is 42.6 Å². The molecule has 3 heteroatoms. The van der Waals surface area contributed by atoms with E-state index in [-0.39, 0.29) is 5.78 Å². The van der Waals surface area contributed by atoms with E-state index in [0.717, 1.165) is 11.3 Å². The molecule has 1 rings (SSSR count). The van der Waals surface area contributed by atoms with Gasteiger partial charge in [0.05, 0.1) is 7.11 Å². The maximum absolute atomic E-state index is 12.6. The zero-order valence-electron chi connectivity index (χ0n) is 11.9. The van der Waals surface area contributed by atoms with E-state index in [1.165, 1.54) is 0 Å². The van der Waals surface area contributed by atoms with Gasteiger partial charge < -0.3 is 9.47 Å². The molecule has 1 aromatic rings. The fourth-order valence-electron chi connectivity index (χ4n) is 2.22. The second-order valence-electron chi connectivity index (χ2n) is 4.42. The van der Waals surface area contributed by atoms with E-state index < -0.39 is 5.60 Å². The highest BCUT2D eigenvalue weighted by Crippen LogP contribution is 2.28. The molecule has 0 fully saturated rings. The van der Waals surface area contributed by atoms with Crippen molar-refractivity contribution in [3.63, 3.8) is 0 Å².